The summed E-state index contributed by atoms with van der Waals surface area (Å²) in [6, 6.07) is 0. The zero-order valence-electron chi connectivity index (χ0n) is 9.97. The third kappa shape index (κ3) is 1.06. The summed E-state index contributed by atoms with van der Waals surface area (Å²) in [5, 5.41) is 0. The van der Waals surface area contributed by atoms with E-state index in [1.54, 1.807) is 25.7 Å². The lowest BCUT2D eigenvalue weighted by molar-refractivity contribution is -0.140. The molecule has 0 aliphatic heterocycles. The normalized spacial score (nSPS) is 60.6. The lowest BCUT2D eigenvalue weighted by Crippen LogP contribution is -2.54. The highest BCUT2D eigenvalue weighted by Gasteiger charge is 2.57. The van der Waals surface area contributed by atoms with Crippen LogP contribution < -0.4 is 0 Å². The fourth-order valence-electron chi connectivity index (χ4n) is 6.00. The topological polar surface area (TPSA) is 0 Å². The summed E-state index contributed by atoms with van der Waals surface area (Å²) in [5.74, 6) is 3.25. The van der Waals surface area contributed by atoms with E-state index < -0.39 is 0 Å². The third-order valence-corrected chi connectivity index (χ3v) is 5.66. The van der Waals surface area contributed by atoms with Gasteiger partial charge in [0, 0.05) is 0 Å². The molecule has 4 aliphatic rings. The van der Waals surface area contributed by atoms with E-state index >= 15 is 0 Å². The third-order valence-electron chi connectivity index (χ3n) is 5.66. The molecule has 4 bridgehead atoms. The van der Waals surface area contributed by atoms with Crippen molar-refractivity contribution in [3.05, 3.63) is 0 Å². The molecule has 5 atom stereocenters. The Kier molecular flexibility index (Phi) is 1.70. The van der Waals surface area contributed by atoms with Crippen LogP contribution in [0.4, 0.5) is 0 Å². The van der Waals surface area contributed by atoms with Gasteiger partial charge in [-0.2, -0.15) is 0 Å². The van der Waals surface area contributed by atoms with Crippen LogP contribution in [0.2, 0.25) is 0 Å². The highest BCUT2D eigenvalue weighted by atomic mass is 14.6. The van der Waals surface area contributed by atoms with E-state index in [1.807, 2.05) is 0 Å². The summed E-state index contributed by atoms with van der Waals surface area (Å²) in [6.45, 7) is 7.58. The van der Waals surface area contributed by atoms with Crippen molar-refractivity contribution in [2.75, 3.05) is 0 Å². The van der Waals surface area contributed by atoms with Crippen molar-refractivity contribution in [2.45, 2.75) is 59.3 Å². The minimum Gasteiger partial charge on any atom is -0.0651 e. The van der Waals surface area contributed by atoms with Crippen molar-refractivity contribution >= 4 is 0 Å². The zero-order valence-corrected chi connectivity index (χ0v) is 9.97. The largest absolute Gasteiger partial charge is 0.0651 e. The van der Waals surface area contributed by atoms with E-state index in [4.69, 9.17) is 0 Å². The van der Waals surface area contributed by atoms with Crippen molar-refractivity contribution in [3.8, 4) is 0 Å². The van der Waals surface area contributed by atoms with Crippen LogP contribution in [0, 0.1) is 28.6 Å². The molecule has 4 saturated carbocycles. The number of hydrogen-bond acceptors (Lipinski definition) is 0. The zero-order chi connectivity index (χ0) is 9.97. The van der Waals surface area contributed by atoms with Gasteiger partial charge in [0.2, 0.25) is 0 Å². The minimum atomic E-state index is 0.730. The molecule has 0 heterocycles. The van der Waals surface area contributed by atoms with Crippen LogP contribution in [0.15, 0.2) is 0 Å². The van der Waals surface area contributed by atoms with Crippen molar-refractivity contribution in [1.29, 1.82) is 0 Å². The maximum atomic E-state index is 2.59. The predicted molar refractivity (Wildman–Crippen MR) is 60.1 cm³/mol. The monoisotopic (exact) mass is 192 g/mol. The van der Waals surface area contributed by atoms with Gasteiger partial charge in [0.25, 0.3) is 0 Å². The SMILES string of the molecule is CCC1C2CC3CC(C)(C2)CC1(C)C3. The number of rotatable bonds is 1. The van der Waals surface area contributed by atoms with Crippen LogP contribution in [0.5, 0.6) is 0 Å². The maximum absolute atomic E-state index is 2.59. The molecule has 0 heteroatoms. The number of hydrogen-bond donors (Lipinski definition) is 0. The first-order chi connectivity index (χ1) is 6.55. The Balaban J connectivity index is 1.98. The Morgan fingerprint density at radius 3 is 2.50 bits per heavy atom. The van der Waals surface area contributed by atoms with Crippen molar-refractivity contribution in [2.24, 2.45) is 28.6 Å². The second-order valence-electron chi connectivity index (χ2n) is 7.13. The highest BCUT2D eigenvalue weighted by molar-refractivity contribution is 5.07. The molecule has 0 saturated heterocycles. The summed E-state index contributed by atoms with van der Waals surface area (Å²) in [6.07, 6.45) is 9.20. The molecule has 0 amide bonds. The molecule has 4 rings (SSSR count). The van der Waals surface area contributed by atoms with Crippen LogP contribution in [-0.4, -0.2) is 0 Å². The lowest BCUT2D eigenvalue weighted by Gasteiger charge is -2.64. The molecule has 0 N–H and O–H groups in total. The van der Waals surface area contributed by atoms with Gasteiger partial charge in [-0.15, -0.1) is 0 Å². The first-order valence-electron chi connectivity index (χ1n) is 6.55. The fourth-order valence-corrected chi connectivity index (χ4v) is 6.00. The van der Waals surface area contributed by atoms with Gasteiger partial charge in [-0.05, 0) is 60.7 Å². The van der Waals surface area contributed by atoms with Crippen molar-refractivity contribution < 1.29 is 0 Å². The van der Waals surface area contributed by atoms with Gasteiger partial charge in [-0.1, -0.05) is 27.2 Å². The molecule has 0 nitrogen and oxygen atoms in total. The average Bonchev–Trinajstić information content (AvgIpc) is 1.97. The van der Waals surface area contributed by atoms with Gasteiger partial charge in [-0.3, -0.25) is 0 Å². The molecule has 0 aromatic carbocycles. The second kappa shape index (κ2) is 2.57. The molecule has 80 valence electrons. The van der Waals surface area contributed by atoms with Crippen LogP contribution in [0.25, 0.3) is 0 Å². The molecule has 0 aromatic rings. The fraction of sp³-hybridized carbons (Fsp3) is 1.00. The second-order valence-corrected chi connectivity index (χ2v) is 7.13. The highest BCUT2D eigenvalue weighted by Crippen LogP contribution is 2.67. The van der Waals surface area contributed by atoms with Crippen LogP contribution in [-0.2, 0) is 0 Å². The first kappa shape index (κ1) is 9.24. The molecule has 0 spiro atoms. The van der Waals surface area contributed by atoms with Crippen LogP contribution in [0.3, 0.4) is 0 Å². The van der Waals surface area contributed by atoms with E-state index in [0.717, 1.165) is 28.6 Å². The first-order valence-corrected chi connectivity index (χ1v) is 6.55. The summed E-state index contributed by atoms with van der Waals surface area (Å²) in [5.41, 5.74) is 1.47. The van der Waals surface area contributed by atoms with Gasteiger partial charge in [0.1, 0.15) is 0 Å². The van der Waals surface area contributed by atoms with Crippen LogP contribution >= 0.6 is 0 Å². The smallest absolute Gasteiger partial charge is 0.0287 e. The average molecular weight is 192 g/mol. The van der Waals surface area contributed by atoms with Crippen LogP contribution in [0.1, 0.15) is 59.3 Å². The molecule has 5 unspecified atom stereocenters. The minimum absolute atomic E-state index is 0.730. The Morgan fingerprint density at radius 1 is 1.14 bits per heavy atom. The van der Waals surface area contributed by atoms with E-state index in [2.05, 4.69) is 20.8 Å². The summed E-state index contributed by atoms with van der Waals surface area (Å²) in [7, 11) is 0. The van der Waals surface area contributed by atoms with Crippen molar-refractivity contribution in [3.63, 3.8) is 0 Å². The van der Waals surface area contributed by atoms with Crippen molar-refractivity contribution in [1.82, 2.24) is 0 Å². The summed E-state index contributed by atoms with van der Waals surface area (Å²) < 4.78 is 0. The Morgan fingerprint density at radius 2 is 1.93 bits per heavy atom. The van der Waals surface area contributed by atoms with Gasteiger partial charge in [-0.25, -0.2) is 0 Å². The molecule has 0 aromatic heterocycles. The molecule has 14 heavy (non-hydrogen) atoms. The van der Waals surface area contributed by atoms with Gasteiger partial charge in [0.05, 0.1) is 0 Å². The molecule has 4 fully saturated rings. The van der Waals surface area contributed by atoms with Gasteiger partial charge in [0.15, 0.2) is 0 Å². The molecular formula is C14H24. The van der Waals surface area contributed by atoms with Gasteiger partial charge < -0.3 is 0 Å². The van der Waals surface area contributed by atoms with E-state index in [9.17, 15) is 0 Å². The summed E-state index contributed by atoms with van der Waals surface area (Å²) >= 11 is 0. The van der Waals surface area contributed by atoms with E-state index in [1.165, 1.54) is 12.8 Å². The lowest BCUT2D eigenvalue weighted by atomic mass is 9.41. The summed E-state index contributed by atoms with van der Waals surface area (Å²) in [4.78, 5) is 0. The standard InChI is InChI=1S/C14H24/c1-4-12-11-5-10-6-13(2,8-11)9-14(12,3)7-10/h10-12H,4-9H2,1-3H3. The van der Waals surface area contributed by atoms with Gasteiger partial charge >= 0.3 is 0 Å². The Labute approximate surface area is 88.5 Å². The van der Waals surface area contributed by atoms with E-state index in [0.29, 0.717) is 0 Å². The molecular weight excluding hydrogens is 168 g/mol. The van der Waals surface area contributed by atoms with E-state index in [-0.39, 0.29) is 0 Å². The maximum Gasteiger partial charge on any atom is -0.0287 e. The Bertz CT molecular complexity index is 257. The molecule has 4 aliphatic carbocycles. The quantitative estimate of drug-likeness (QED) is 0.582. The Hall–Kier alpha value is 0. The predicted octanol–water partition coefficient (Wildman–Crippen LogP) is 4.25. The molecule has 0 radical (unpaired) electrons.